The normalized spacial score (nSPS) is 26.2. The van der Waals surface area contributed by atoms with Crippen molar-refractivity contribution in [2.45, 2.75) is 37.3 Å². The van der Waals surface area contributed by atoms with Gasteiger partial charge in [0.05, 0.1) is 18.5 Å². The standard InChI is InChI=1S/C28H28N2O/c1-31-22-16-14-21(15-17-22)27-19-23(20-9-3-2-4-10-20)24-11-7-8-18-28(24)29-25-12-5-6-13-26(25)30(27)28/h2-6,9-10,12-17,19,23-24,29H,7-8,11,18H2,1H3/t23-,24-,28-/m0/s1. The van der Waals surface area contributed by atoms with Crippen LogP contribution in [0.5, 0.6) is 5.75 Å². The molecule has 3 aromatic carbocycles. The molecule has 3 aliphatic rings. The summed E-state index contributed by atoms with van der Waals surface area (Å²) in [6, 6.07) is 28.4. The maximum absolute atomic E-state index is 5.43. The molecule has 1 aliphatic carbocycles. The first-order valence-electron chi connectivity index (χ1n) is 11.4. The van der Waals surface area contributed by atoms with Gasteiger partial charge in [-0.3, -0.25) is 0 Å². The van der Waals surface area contributed by atoms with Crippen molar-refractivity contribution in [2.24, 2.45) is 5.92 Å². The highest BCUT2D eigenvalue weighted by molar-refractivity contribution is 5.93. The molecule has 6 rings (SSSR count). The maximum atomic E-state index is 5.43. The molecular formula is C28H28N2O. The third-order valence-corrected chi connectivity index (χ3v) is 7.41. The van der Waals surface area contributed by atoms with Crippen LogP contribution in [0.15, 0.2) is 84.9 Å². The largest absolute Gasteiger partial charge is 0.497 e. The van der Waals surface area contributed by atoms with Crippen molar-refractivity contribution in [3.05, 3.63) is 96.1 Å². The molecule has 1 saturated carbocycles. The summed E-state index contributed by atoms with van der Waals surface area (Å²) in [6.45, 7) is 0. The second kappa shape index (κ2) is 7.19. The van der Waals surface area contributed by atoms with Crippen LogP contribution in [0.25, 0.3) is 5.70 Å². The minimum absolute atomic E-state index is 0.0769. The first kappa shape index (κ1) is 18.6. The molecule has 3 heteroatoms. The van der Waals surface area contributed by atoms with E-state index >= 15 is 0 Å². The second-order valence-electron chi connectivity index (χ2n) is 8.97. The summed E-state index contributed by atoms with van der Waals surface area (Å²) in [5.41, 5.74) is 6.42. The Hall–Kier alpha value is -3.20. The fourth-order valence-electron chi connectivity index (χ4n) is 6.07. The average molecular weight is 409 g/mol. The van der Waals surface area contributed by atoms with E-state index in [0.717, 1.165) is 12.2 Å². The fraction of sp³-hybridized carbons (Fsp3) is 0.286. The van der Waals surface area contributed by atoms with Crippen molar-refractivity contribution in [3.63, 3.8) is 0 Å². The predicted octanol–water partition coefficient (Wildman–Crippen LogP) is 6.65. The summed E-state index contributed by atoms with van der Waals surface area (Å²) >= 11 is 0. The van der Waals surface area contributed by atoms with Crippen molar-refractivity contribution in [3.8, 4) is 5.75 Å². The molecule has 1 spiro atoms. The van der Waals surface area contributed by atoms with Crippen LogP contribution in [0.3, 0.4) is 0 Å². The number of ether oxygens (including phenoxy) is 1. The Morgan fingerprint density at radius 2 is 1.68 bits per heavy atom. The van der Waals surface area contributed by atoms with Gasteiger partial charge >= 0.3 is 0 Å². The SMILES string of the molecule is COc1ccc(C2=C[C@@H](c3ccccc3)[C@@H]3CCCC[C@@]34Nc3ccccc3N24)cc1. The molecule has 3 aromatic rings. The van der Waals surface area contributed by atoms with Gasteiger partial charge in [0.1, 0.15) is 11.4 Å². The van der Waals surface area contributed by atoms with Gasteiger partial charge in [-0.25, -0.2) is 0 Å². The molecule has 2 heterocycles. The van der Waals surface area contributed by atoms with E-state index in [-0.39, 0.29) is 5.66 Å². The van der Waals surface area contributed by atoms with E-state index < -0.39 is 0 Å². The Bertz CT molecular complexity index is 1120. The van der Waals surface area contributed by atoms with Crippen LogP contribution in [0.2, 0.25) is 0 Å². The monoisotopic (exact) mass is 408 g/mol. The van der Waals surface area contributed by atoms with Crippen molar-refractivity contribution in [2.75, 3.05) is 17.3 Å². The van der Waals surface area contributed by atoms with Crippen LogP contribution in [0, 0.1) is 5.92 Å². The smallest absolute Gasteiger partial charge is 0.119 e. The van der Waals surface area contributed by atoms with E-state index in [2.05, 4.69) is 95.2 Å². The van der Waals surface area contributed by atoms with E-state index in [1.165, 1.54) is 47.5 Å². The van der Waals surface area contributed by atoms with Gasteiger partial charge < -0.3 is 15.0 Å². The lowest BCUT2D eigenvalue weighted by molar-refractivity contribution is 0.198. The molecule has 31 heavy (non-hydrogen) atoms. The number of hydrogen-bond donors (Lipinski definition) is 1. The topological polar surface area (TPSA) is 24.5 Å². The summed E-state index contributed by atoms with van der Waals surface area (Å²) < 4.78 is 5.43. The number of rotatable bonds is 3. The summed E-state index contributed by atoms with van der Waals surface area (Å²) in [4.78, 5) is 2.62. The number of para-hydroxylation sites is 2. The highest BCUT2D eigenvalue weighted by Gasteiger charge is 2.56. The first-order chi connectivity index (χ1) is 15.3. The van der Waals surface area contributed by atoms with E-state index in [0.29, 0.717) is 11.8 Å². The third kappa shape index (κ3) is 2.79. The van der Waals surface area contributed by atoms with Crippen LogP contribution >= 0.6 is 0 Å². The number of allylic oxidation sites excluding steroid dienone is 1. The van der Waals surface area contributed by atoms with Crippen LogP contribution in [0.4, 0.5) is 11.4 Å². The Kier molecular flexibility index (Phi) is 4.31. The van der Waals surface area contributed by atoms with Gasteiger partial charge in [0.2, 0.25) is 0 Å². The first-order valence-corrected chi connectivity index (χ1v) is 11.4. The lowest BCUT2D eigenvalue weighted by Crippen LogP contribution is -2.60. The fourth-order valence-corrected chi connectivity index (χ4v) is 6.07. The van der Waals surface area contributed by atoms with Gasteiger partial charge in [-0.1, -0.05) is 55.0 Å². The molecule has 156 valence electrons. The quantitative estimate of drug-likeness (QED) is 0.525. The third-order valence-electron chi connectivity index (χ3n) is 7.41. The molecule has 2 aliphatic heterocycles. The molecule has 0 aromatic heterocycles. The van der Waals surface area contributed by atoms with Gasteiger partial charge in [-0.05, 0) is 66.8 Å². The number of anilines is 2. The van der Waals surface area contributed by atoms with Crippen LogP contribution < -0.4 is 15.0 Å². The zero-order valence-corrected chi connectivity index (χ0v) is 17.9. The molecule has 0 unspecified atom stereocenters. The van der Waals surface area contributed by atoms with Gasteiger partial charge in [-0.2, -0.15) is 0 Å². The zero-order valence-electron chi connectivity index (χ0n) is 17.9. The van der Waals surface area contributed by atoms with Crippen molar-refractivity contribution < 1.29 is 4.74 Å². The van der Waals surface area contributed by atoms with Crippen LogP contribution in [-0.4, -0.2) is 12.8 Å². The molecule has 0 radical (unpaired) electrons. The molecule has 0 saturated heterocycles. The van der Waals surface area contributed by atoms with Gasteiger partial charge in [-0.15, -0.1) is 0 Å². The predicted molar refractivity (Wildman–Crippen MR) is 127 cm³/mol. The Morgan fingerprint density at radius 3 is 2.48 bits per heavy atom. The summed E-state index contributed by atoms with van der Waals surface area (Å²) in [5.74, 6) is 1.81. The zero-order chi connectivity index (χ0) is 20.8. The Labute approximate surface area is 184 Å². The van der Waals surface area contributed by atoms with E-state index in [4.69, 9.17) is 4.74 Å². The van der Waals surface area contributed by atoms with E-state index in [1.54, 1.807) is 7.11 Å². The van der Waals surface area contributed by atoms with E-state index in [9.17, 15) is 0 Å². The number of fused-ring (bicyclic) bond motifs is 2. The maximum Gasteiger partial charge on any atom is 0.119 e. The highest BCUT2D eigenvalue weighted by Crippen LogP contribution is 2.58. The average Bonchev–Trinajstić information content (AvgIpc) is 3.17. The van der Waals surface area contributed by atoms with Crippen molar-refractivity contribution in [1.29, 1.82) is 0 Å². The summed E-state index contributed by atoms with van der Waals surface area (Å²) in [5, 5.41) is 4.03. The molecule has 3 nitrogen and oxygen atoms in total. The van der Waals surface area contributed by atoms with E-state index in [1.807, 2.05) is 0 Å². The number of benzene rings is 3. The number of methoxy groups -OCH3 is 1. The molecule has 3 atom stereocenters. The molecular weight excluding hydrogens is 380 g/mol. The highest BCUT2D eigenvalue weighted by atomic mass is 16.5. The number of hydrogen-bond acceptors (Lipinski definition) is 3. The lowest BCUT2D eigenvalue weighted by atomic mass is 9.66. The molecule has 0 bridgehead atoms. The van der Waals surface area contributed by atoms with Crippen molar-refractivity contribution >= 4 is 17.1 Å². The van der Waals surface area contributed by atoms with Crippen LogP contribution in [-0.2, 0) is 0 Å². The van der Waals surface area contributed by atoms with Gasteiger partial charge in [0, 0.05) is 17.5 Å². The summed E-state index contributed by atoms with van der Waals surface area (Å²) in [6.07, 6.45) is 7.47. The molecule has 1 fully saturated rings. The lowest BCUT2D eigenvalue weighted by Gasteiger charge is -2.54. The van der Waals surface area contributed by atoms with Gasteiger partial charge in [0.15, 0.2) is 0 Å². The Morgan fingerprint density at radius 1 is 0.903 bits per heavy atom. The number of nitrogens with zero attached hydrogens (tertiary/aromatic N) is 1. The molecule has 0 amide bonds. The Balaban J connectivity index is 1.58. The number of nitrogens with one attached hydrogen (secondary N) is 1. The minimum atomic E-state index is -0.0769. The van der Waals surface area contributed by atoms with Crippen LogP contribution in [0.1, 0.15) is 42.7 Å². The summed E-state index contributed by atoms with van der Waals surface area (Å²) in [7, 11) is 1.72. The van der Waals surface area contributed by atoms with Gasteiger partial charge in [0.25, 0.3) is 0 Å². The molecule has 1 N–H and O–H groups in total. The van der Waals surface area contributed by atoms with Crippen molar-refractivity contribution in [1.82, 2.24) is 0 Å². The minimum Gasteiger partial charge on any atom is -0.497 e. The second-order valence-corrected chi connectivity index (χ2v) is 8.97.